The summed E-state index contributed by atoms with van der Waals surface area (Å²) in [5.74, 6) is -0.460. The average molecular weight is 341 g/mol. The maximum absolute atomic E-state index is 12.7. The summed E-state index contributed by atoms with van der Waals surface area (Å²) in [5, 5.41) is 5.41. The van der Waals surface area contributed by atoms with E-state index < -0.39 is 17.5 Å². The van der Waals surface area contributed by atoms with Gasteiger partial charge in [0.2, 0.25) is 11.9 Å². The predicted molar refractivity (Wildman–Crippen MR) is 90.8 cm³/mol. The summed E-state index contributed by atoms with van der Waals surface area (Å²) >= 11 is 0. The number of carbonyl (C=O) groups excluding carboxylic acids is 3. The van der Waals surface area contributed by atoms with Gasteiger partial charge in [-0.15, -0.1) is 0 Å². The number of aromatic nitrogens is 2. The summed E-state index contributed by atoms with van der Waals surface area (Å²) in [6.07, 6.45) is 4.16. The molecule has 2 heterocycles. The van der Waals surface area contributed by atoms with Crippen molar-refractivity contribution in [2.75, 3.05) is 11.9 Å². The number of aromatic amines is 1. The molecule has 25 heavy (non-hydrogen) atoms. The van der Waals surface area contributed by atoms with E-state index in [1.54, 1.807) is 0 Å². The maximum Gasteiger partial charge on any atom is 0.325 e. The summed E-state index contributed by atoms with van der Waals surface area (Å²) < 4.78 is 0. The van der Waals surface area contributed by atoms with Crippen LogP contribution in [0.25, 0.3) is 11.0 Å². The van der Waals surface area contributed by atoms with E-state index in [0.717, 1.165) is 35.2 Å². The van der Waals surface area contributed by atoms with Gasteiger partial charge in [0.05, 0.1) is 11.0 Å². The number of amides is 4. The number of imide groups is 1. The number of H-pyrrole nitrogens is 1. The molecule has 1 aliphatic carbocycles. The van der Waals surface area contributed by atoms with Crippen molar-refractivity contribution >= 4 is 34.8 Å². The van der Waals surface area contributed by atoms with Crippen LogP contribution < -0.4 is 10.6 Å². The van der Waals surface area contributed by atoms with Gasteiger partial charge in [-0.25, -0.2) is 9.78 Å². The smallest absolute Gasteiger partial charge is 0.324 e. The Kier molecular flexibility index (Phi) is 3.67. The van der Waals surface area contributed by atoms with Crippen molar-refractivity contribution in [1.29, 1.82) is 0 Å². The summed E-state index contributed by atoms with van der Waals surface area (Å²) in [7, 11) is 0. The fourth-order valence-electron chi connectivity index (χ4n) is 3.64. The van der Waals surface area contributed by atoms with Gasteiger partial charge in [0.1, 0.15) is 12.1 Å². The van der Waals surface area contributed by atoms with E-state index in [1.807, 2.05) is 24.3 Å². The van der Waals surface area contributed by atoms with Crippen LogP contribution in [-0.2, 0) is 9.59 Å². The van der Waals surface area contributed by atoms with Crippen LogP contribution in [0.3, 0.4) is 0 Å². The second kappa shape index (κ2) is 5.87. The SMILES string of the molecule is O=C(CN1C(=O)NC2(CCCCC2)C1=O)Nc1nc2ccccc2[nH]1. The Balaban J connectivity index is 1.45. The summed E-state index contributed by atoms with van der Waals surface area (Å²) in [4.78, 5) is 45.3. The van der Waals surface area contributed by atoms with Gasteiger partial charge < -0.3 is 10.3 Å². The Morgan fingerprint density at radius 3 is 2.72 bits per heavy atom. The molecule has 0 unspecified atom stereocenters. The zero-order valence-corrected chi connectivity index (χ0v) is 13.7. The van der Waals surface area contributed by atoms with E-state index in [1.165, 1.54) is 0 Å². The molecule has 1 aromatic carbocycles. The van der Waals surface area contributed by atoms with Crippen LogP contribution >= 0.6 is 0 Å². The third-order valence-corrected chi connectivity index (χ3v) is 4.90. The number of fused-ring (bicyclic) bond motifs is 1. The Morgan fingerprint density at radius 1 is 1.20 bits per heavy atom. The van der Waals surface area contributed by atoms with Gasteiger partial charge >= 0.3 is 6.03 Å². The molecular formula is C17H19N5O3. The quantitative estimate of drug-likeness (QED) is 0.739. The van der Waals surface area contributed by atoms with Crippen molar-refractivity contribution in [3.05, 3.63) is 24.3 Å². The third kappa shape index (κ3) is 2.73. The highest BCUT2D eigenvalue weighted by molar-refractivity contribution is 6.10. The van der Waals surface area contributed by atoms with Crippen molar-refractivity contribution in [1.82, 2.24) is 20.2 Å². The molecule has 8 heteroatoms. The van der Waals surface area contributed by atoms with E-state index in [0.29, 0.717) is 18.8 Å². The Morgan fingerprint density at radius 2 is 1.96 bits per heavy atom. The molecule has 1 aliphatic heterocycles. The monoisotopic (exact) mass is 341 g/mol. The highest BCUT2D eigenvalue weighted by Gasteiger charge is 2.51. The molecule has 1 aromatic heterocycles. The molecule has 130 valence electrons. The zero-order chi connectivity index (χ0) is 17.4. The van der Waals surface area contributed by atoms with E-state index >= 15 is 0 Å². The van der Waals surface area contributed by atoms with Crippen molar-refractivity contribution < 1.29 is 14.4 Å². The summed E-state index contributed by atoms with van der Waals surface area (Å²) in [5.41, 5.74) is 0.720. The fraction of sp³-hybridized carbons (Fsp3) is 0.412. The van der Waals surface area contributed by atoms with Gasteiger partial charge in [0.15, 0.2) is 0 Å². The van der Waals surface area contributed by atoms with Crippen molar-refractivity contribution in [3.63, 3.8) is 0 Å². The number of anilines is 1. The molecule has 2 aliphatic rings. The number of nitrogens with one attached hydrogen (secondary N) is 3. The van der Waals surface area contributed by atoms with Gasteiger partial charge in [0, 0.05) is 0 Å². The molecule has 4 rings (SSSR count). The number of nitrogens with zero attached hydrogens (tertiary/aromatic N) is 2. The average Bonchev–Trinajstić information content (AvgIpc) is 3.10. The van der Waals surface area contributed by atoms with Crippen LogP contribution in [0.4, 0.5) is 10.7 Å². The number of imidazole rings is 1. The van der Waals surface area contributed by atoms with Crippen LogP contribution in [0.5, 0.6) is 0 Å². The zero-order valence-electron chi connectivity index (χ0n) is 13.7. The number of para-hydroxylation sites is 2. The molecule has 3 N–H and O–H groups in total. The number of rotatable bonds is 3. The Bertz CT molecular complexity index is 820. The third-order valence-electron chi connectivity index (χ3n) is 4.90. The Hall–Kier alpha value is -2.90. The highest BCUT2D eigenvalue weighted by atomic mass is 16.2. The minimum Gasteiger partial charge on any atom is -0.324 e. The lowest BCUT2D eigenvalue weighted by molar-refractivity contribution is -0.134. The molecule has 1 spiro atoms. The van der Waals surface area contributed by atoms with E-state index in [2.05, 4.69) is 20.6 Å². The highest BCUT2D eigenvalue weighted by Crippen LogP contribution is 2.33. The van der Waals surface area contributed by atoms with Gasteiger partial charge in [-0.1, -0.05) is 31.4 Å². The first-order valence-electron chi connectivity index (χ1n) is 8.46. The molecule has 1 saturated carbocycles. The molecule has 0 bridgehead atoms. The van der Waals surface area contributed by atoms with Crippen LogP contribution in [-0.4, -0.2) is 44.8 Å². The molecule has 2 fully saturated rings. The largest absolute Gasteiger partial charge is 0.325 e. The van der Waals surface area contributed by atoms with Crippen molar-refractivity contribution in [2.45, 2.75) is 37.6 Å². The number of benzene rings is 1. The molecule has 0 radical (unpaired) electrons. The topological polar surface area (TPSA) is 107 Å². The molecular weight excluding hydrogens is 322 g/mol. The first kappa shape index (κ1) is 15.6. The summed E-state index contributed by atoms with van der Waals surface area (Å²) in [6.45, 7) is -0.316. The number of hydrogen-bond acceptors (Lipinski definition) is 4. The lowest BCUT2D eigenvalue weighted by atomic mass is 9.82. The van der Waals surface area contributed by atoms with E-state index in [4.69, 9.17) is 0 Å². The second-order valence-electron chi connectivity index (χ2n) is 6.61. The lowest BCUT2D eigenvalue weighted by Crippen LogP contribution is -2.48. The first-order valence-corrected chi connectivity index (χ1v) is 8.46. The summed E-state index contributed by atoms with van der Waals surface area (Å²) in [6, 6.07) is 6.90. The van der Waals surface area contributed by atoms with Crippen molar-refractivity contribution in [3.8, 4) is 0 Å². The van der Waals surface area contributed by atoms with E-state index in [9.17, 15) is 14.4 Å². The van der Waals surface area contributed by atoms with Crippen molar-refractivity contribution in [2.24, 2.45) is 0 Å². The van der Waals surface area contributed by atoms with Gasteiger partial charge in [-0.3, -0.25) is 19.8 Å². The molecule has 4 amide bonds. The van der Waals surface area contributed by atoms with Crippen LogP contribution in [0, 0.1) is 0 Å². The van der Waals surface area contributed by atoms with Gasteiger partial charge in [-0.2, -0.15) is 0 Å². The van der Waals surface area contributed by atoms with Crippen LogP contribution in [0.1, 0.15) is 32.1 Å². The fourth-order valence-corrected chi connectivity index (χ4v) is 3.64. The van der Waals surface area contributed by atoms with Crippen LogP contribution in [0.15, 0.2) is 24.3 Å². The maximum atomic E-state index is 12.7. The molecule has 8 nitrogen and oxygen atoms in total. The predicted octanol–water partition coefficient (Wildman–Crippen LogP) is 1.76. The van der Waals surface area contributed by atoms with E-state index in [-0.39, 0.29) is 12.5 Å². The van der Waals surface area contributed by atoms with Crippen LogP contribution in [0.2, 0.25) is 0 Å². The standard InChI is InChI=1S/C17H19N5O3/c23-13(20-15-18-11-6-2-3-7-12(11)19-15)10-22-14(24)17(21-16(22)25)8-4-1-5-9-17/h2-3,6-7H,1,4-5,8-10H2,(H,21,25)(H2,18,19,20,23). The van der Waals surface area contributed by atoms with Gasteiger partial charge in [-0.05, 0) is 25.0 Å². The van der Waals surface area contributed by atoms with Gasteiger partial charge in [0.25, 0.3) is 5.91 Å². The second-order valence-corrected chi connectivity index (χ2v) is 6.61. The minimum absolute atomic E-state index is 0.294. The first-order chi connectivity index (χ1) is 12.1. The minimum atomic E-state index is -0.811. The normalized spacial score (nSPS) is 19.4. The number of hydrogen-bond donors (Lipinski definition) is 3. The number of carbonyl (C=O) groups is 3. The Labute approximate surface area is 144 Å². The number of urea groups is 1. The lowest BCUT2D eigenvalue weighted by Gasteiger charge is -2.30. The molecule has 0 atom stereocenters. The molecule has 1 saturated heterocycles. The molecule has 2 aromatic rings.